The number of hydrogen-bond acceptors (Lipinski definition) is 4. The quantitative estimate of drug-likeness (QED) is 0.451. The second-order valence-corrected chi connectivity index (χ2v) is 5.46. The summed E-state index contributed by atoms with van der Waals surface area (Å²) in [5, 5.41) is 5.14. The van der Waals surface area contributed by atoms with Crippen molar-refractivity contribution >= 4 is 35.2 Å². The van der Waals surface area contributed by atoms with E-state index in [0.717, 1.165) is 5.69 Å². The van der Waals surface area contributed by atoms with Crippen LogP contribution in [0.4, 0.5) is 0 Å². The normalized spacial score (nSPS) is 11.0. The number of benzene rings is 1. The zero-order valence-electron chi connectivity index (χ0n) is 12.8. The first kappa shape index (κ1) is 17.4. The predicted octanol–water partition coefficient (Wildman–Crippen LogP) is 3.67. The van der Waals surface area contributed by atoms with Gasteiger partial charge in [-0.3, -0.25) is 4.68 Å². The molecule has 0 aliphatic carbocycles. The van der Waals surface area contributed by atoms with Crippen LogP contribution < -0.4 is 4.74 Å². The van der Waals surface area contributed by atoms with Gasteiger partial charge in [0.15, 0.2) is 0 Å². The van der Waals surface area contributed by atoms with Crippen molar-refractivity contribution in [2.45, 2.75) is 6.92 Å². The van der Waals surface area contributed by atoms with E-state index in [2.05, 4.69) is 5.10 Å². The Kier molecular flexibility index (Phi) is 6.07. The van der Waals surface area contributed by atoms with Gasteiger partial charge in [0.2, 0.25) is 0 Å². The van der Waals surface area contributed by atoms with E-state index in [-0.39, 0.29) is 13.2 Å². The van der Waals surface area contributed by atoms with Crippen molar-refractivity contribution in [3.8, 4) is 5.75 Å². The van der Waals surface area contributed by atoms with Gasteiger partial charge in [-0.1, -0.05) is 35.3 Å². The van der Waals surface area contributed by atoms with Crippen LogP contribution in [0.5, 0.6) is 5.75 Å². The topological polar surface area (TPSA) is 53.4 Å². The maximum Gasteiger partial charge on any atom is 0.330 e. The first-order chi connectivity index (χ1) is 11.0. The molecule has 0 saturated carbocycles. The second kappa shape index (κ2) is 8.04. The number of esters is 1. The van der Waals surface area contributed by atoms with Gasteiger partial charge in [0, 0.05) is 18.7 Å². The first-order valence-electron chi connectivity index (χ1n) is 6.90. The minimum absolute atomic E-state index is 0.119. The van der Waals surface area contributed by atoms with Crippen LogP contribution in [0.15, 0.2) is 30.3 Å². The summed E-state index contributed by atoms with van der Waals surface area (Å²) in [5.74, 6) is 0.0746. The molecular formula is C16H16Cl2N2O3. The molecule has 2 rings (SSSR count). The molecule has 0 spiro atoms. The molecule has 0 unspecified atom stereocenters. The highest BCUT2D eigenvalue weighted by Crippen LogP contribution is 2.23. The highest BCUT2D eigenvalue weighted by Gasteiger charge is 2.08. The maximum atomic E-state index is 11.7. The molecule has 1 heterocycles. The molecule has 23 heavy (non-hydrogen) atoms. The zero-order chi connectivity index (χ0) is 16.8. The number of carbonyl (C=O) groups is 1. The van der Waals surface area contributed by atoms with Crippen LogP contribution in [0.2, 0.25) is 10.2 Å². The Morgan fingerprint density at radius 2 is 2.04 bits per heavy atom. The van der Waals surface area contributed by atoms with E-state index in [9.17, 15) is 4.79 Å². The van der Waals surface area contributed by atoms with Crippen molar-refractivity contribution in [3.63, 3.8) is 0 Å². The predicted molar refractivity (Wildman–Crippen MR) is 89.9 cm³/mol. The summed E-state index contributed by atoms with van der Waals surface area (Å²) >= 11 is 12.0. The molecule has 0 N–H and O–H groups in total. The van der Waals surface area contributed by atoms with Gasteiger partial charge in [0.25, 0.3) is 0 Å². The third-order valence-corrected chi connectivity index (χ3v) is 3.76. The van der Waals surface area contributed by atoms with Crippen LogP contribution in [0, 0.1) is 6.92 Å². The molecule has 0 bridgehead atoms. The maximum absolute atomic E-state index is 11.7. The van der Waals surface area contributed by atoms with Crippen molar-refractivity contribution in [2.24, 2.45) is 7.05 Å². The minimum atomic E-state index is -0.480. The largest absolute Gasteiger partial charge is 0.488 e. The number of hydrogen-bond donors (Lipinski definition) is 0. The number of aromatic nitrogens is 2. The molecule has 1 aromatic carbocycles. The fourth-order valence-corrected chi connectivity index (χ4v) is 2.32. The molecule has 1 aromatic heterocycles. The smallest absolute Gasteiger partial charge is 0.330 e. The number of aryl methyl sites for hydroxylation is 2. The van der Waals surface area contributed by atoms with Gasteiger partial charge in [-0.05, 0) is 25.1 Å². The molecule has 122 valence electrons. The van der Waals surface area contributed by atoms with Crippen molar-refractivity contribution in [2.75, 3.05) is 13.2 Å². The summed E-state index contributed by atoms with van der Waals surface area (Å²) in [4.78, 5) is 11.7. The Morgan fingerprint density at radius 3 is 2.70 bits per heavy atom. The molecule has 5 nitrogen and oxygen atoms in total. The van der Waals surface area contributed by atoms with Gasteiger partial charge in [-0.2, -0.15) is 5.10 Å². The highest BCUT2D eigenvalue weighted by atomic mass is 35.5. The van der Waals surface area contributed by atoms with Gasteiger partial charge >= 0.3 is 5.97 Å². The molecule has 0 saturated heterocycles. The van der Waals surface area contributed by atoms with Crippen LogP contribution in [0.25, 0.3) is 6.08 Å². The third kappa shape index (κ3) is 4.74. The second-order valence-electron chi connectivity index (χ2n) is 4.69. The fraction of sp³-hybridized carbons (Fsp3) is 0.250. The van der Waals surface area contributed by atoms with E-state index in [0.29, 0.717) is 21.5 Å². The van der Waals surface area contributed by atoms with Crippen LogP contribution in [0.1, 0.15) is 11.3 Å². The van der Waals surface area contributed by atoms with E-state index in [4.69, 9.17) is 32.7 Å². The molecule has 0 radical (unpaired) electrons. The molecule has 0 aliphatic rings. The van der Waals surface area contributed by atoms with Crippen LogP contribution in [-0.2, 0) is 16.6 Å². The van der Waals surface area contributed by atoms with E-state index >= 15 is 0 Å². The Morgan fingerprint density at radius 1 is 1.30 bits per heavy atom. The Labute approximate surface area is 144 Å². The fourth-order valence-electron chi connectivity index (χ4n) is 1.89. The summed E-state index contributed by atoms with van der Waals surface area (Å²) in [6.45, 7) is 2.15. The summed E-state index contributed by atoms with van der Waals surface area (Å²) < 4.78 is 12.0. The molecule has 0 amide bonds. The van der Waals surface area contributed by atoms with E-state index in [1.54, 1.807) is 29.9 Å². The summed E-state index contributed by atoms with van der Waals surface area (Å²) in [7, 11) is 1.73. The number of halogens is 2. The number of ether oxygens (including phenoxy) is 2. The summed E-state index contributed by atoms with van der Waals surface area (Å²) in [5.41, 5.74) is 1.43. The molecule has 0 atom stereocenters. The average Bonchev–Trinajstić information content (AvgIpc) is 2.76. The number of nitrogens with zero attached hydrogens (tertiary/aromatic N) is 2. The number of para-hydroxylation sites is 1. The van der Waals surface area contributed by atoms with E-state index < -0.39 is 5.97 Å². The van der Waals surface area contributed by atoms with E-state index in [1.807, 2.05) is 19.1 Å². The standard InChI is InChI=1S/C16H16Cl2N2O3/c1-11-12(16(18)20(2)19-11)7-8-15(21)23-10-9-22-14-6-4-3-5-13(14)17/h3-8H,9-10H2,1-2H3/b8-7+. The van der Waals surface area contributed by atoms with Crippen molar-refractivity contribution < 1.29 is 14.3 Å². The van der Waals surface area contributed by atoms with Crippen molar-refractivity contribution in [1.29, 1.82) is 0 Å². The lowest BCUT2D eigenvalue weighted by molar-refractivity contribution is -0.138. The molecule has 0 aliphatic heterocycles. The molecule has 7 heteroatoms. The lowest BCUT2D eigenvalue weighted by atomic mass is 10.2. The summed E-state index contributed by atoms with van der Waals surface area (Å²) in [6, 6.07) is 7.10. The zero-order valence-corrected chi connectivity index (χ0v) is 14.3. The monoisotopic (exact) mass is 354 g/mol. The highest BCUT2D eigenvalue weighted by molar-refractivity contribution is 6.32. The molecular weight excluding hydrogens is 339 g/mol. The SMILES string of the molecule is Cc1nn(C)c(Cl)c1/C=C/C(=O)OCCOc1ccccc1Cl. The average molecular weight is 355 g/mol. The Bertz CT molecular complexity index is 726. The van der Waals surface area contributed by atoms with Gasteiger partial charge in [-0.25, -0.2) is 4.79 Å². The van der Waals surface area contributed by atoms with Gasteiger partial charge < -0.3 is 9.47 Å². The lowest BCUT2D eigenvalue weighted by Crippen LogP contribution is -2.10. The van der Waals surface area contributed by atoms with Gasteiger partial charge in [0.05, 0.1) is 10.7 Å². The first-order valence-corrected chi connectivity index (χ1v) is 7.66. The lowest BCUT2D eigenvalue weighted by Gasteiger charge is -2.07. The molecule has 0 fully saturated rings. The Balaban J connectivity index is 1.79. The number of rotatable bonds is 6. The van der Waals surface area contributed by atoms with Gasteiger partial charge in [-0.15, -0.1) is 0 Å². The number of carbonyl (C=O) groups excluding carboxylic acids is 1. The summed E-state index contributed by atoms with van der Waals surface area (Å²) in [6.07, 6.45) is 2.90. The van der Waals surface area contributed by atoms with Crippen LogP contribution >= 0.6 is 23.2 Å². The minimum Gasteiger partial charge on any atom is -0.488 e. The Hall–Kier alpha value is -1.98. The van der Waals surface area contributed by atoms with Crippen LogP contribution in [-0.4, -0.2) is 29.0 Å². The van der Waals surface area contributed by atoms with Crippen molar-refractivity contribution in [3.05, 3.63) is 51.8 Å². The van der Waals surface area contributed by atoms with E-state index in [1.165, 1.54) is 6.08 Å². The van der Waals surface area contributed by atoms with Crippen molar-refractivity contribution in [1.82, 2.24) is 9.78 Å². The van der Waals surface area contributed by atoms with Gasteiger partial charge in [0.1, 0.15) is 24.1 Å². The van der Waals surface area contributed by atoms with Crippen LogP contribution in [0.3, 0.4) is 0 Å². The molecule has 2 aromatic rings. The third-order valence-electron chi connectivity index (χ3n) is 3.00.